The monoisotopic (exact) mass is 390 g/mol. The Morgan fingerprint density at radius 3 is 2.56 bits per heavy atom. The SMILES string of the molecule is CCN([C@H]1CCS(=O)(=O)C1)S(=O)(=O)c1cc(NC(C)=O)ccc1OC. The van der Waals surface area contributed by atoms with Gasteiger partial charge >= 0.3 is 0 Å². The minimum absolute atomic E-state index is 0.0211. The Bertz CT molecular complexity index is 864. The number of methoxy groups -OCH3 is 1. The second-order valence-corrected chi connectivity index (χ2v) is 9.90. The quantitative estimate of drug-likeness (QED) is 0.771. The lowest BCUT2D eigenvalue weighted by atomic mass is 10.3. The molecule has 8 nitrogen and oxygen atoms in total. The van der Waals surface area contributed by atoms with Crippen LogP contribution in [0.25, 0.3) is 0 Å². The molecule has 1 fully saturated rings. The summed E-state index contributed by atoms with van der Waals surface area (Å²) in [5, 5.41) is 2.53. The molecule has 1 N–H and O–H groups in total. The van der Waals surface area contributed by atoms with Crippen LogP contribution in [-0.4, -0.2) is 58.3 Å². The van der Waals surface area contributed by atoms with E-state index in [1.54, 1.807) is 6.92 Å². The largest absolute Gasteiger partial charge is 0.495 e. The fraction of sp³-hybridized carbons (Fsp3) is 0.533. The van der Waals surface area contributed by atoms with E-state index in [1.165, 1.54) is 36.5 Å². The van der Waals surface area contributed by atoms with Gasteiger partial charge in [0.25, 0.3) is 0 Å². The molecule has 1 aromatic carbocycles. The number of ether oxygens (including phenoxy) is 1. The highest BCUT2D eigenvalue weighted by atomic mass is 32.2. The van der Waals surface area contributed by atoms with Crippen LogP contribution in [0.4, 0.5) is 5.69 Å². The van der Waals surface area contributed by atoms with Crippen molar-refractivity contribution in [3.05, 3.63) is 18.2 Å². The molecule has 1 saturated heterocycles. The first kappa shape index (κ1) is 19.7. The van der Waals surface area contributed by atoms with Crippen molar-refractivity contribution in [3.8, 4) is 5.75 Å². The lowest BCUT2D eigenvalue weighted by Crippen LogP contribution is -2.41. The van der Waals surface area contributed by atoms with E-state index in [2.05, 4.69) is 5.32 Å². The van der Waals surface area contributed by atoms with Gasteiger partial charge in [0.05, 0.1) is 18.6 Å². The number of carbonyl (C=O) groups is 1. The molecule has 1 heterocycles. The first-order valence-corrected chi connectivity index (χ1v) is 11.0. The molecule has 10 heteroatoms. The summed E-state index contributed by atoms with van der Waals surface area (Å²) < 4.78 is 56.0. The van der Waals surface area contributed by atoms with Crippen LogP contribution in [0.1, 0.15) is 20.3 Å². The van der Waals surface area contributed by atoms with E-state index in [1.807, 2.05) is 0 Å². The maximum Gasteiger partial charge on any atom is 0.247 e. The number of sulfonamides is 1. The normalized spacial score (nSPS) is 19.8. The first-order chi connectivity index (χ1) is 11.6. The predicted molar refractivity (Wildman–Crippen MR) is 93.9 cm³/mol. The van der Waals surface area contributed by atoms with Crippen molar-refractivity contribution in [2.75, 3.05) is 30.5 Å². The molecular formula is C15H22N2O6S2. The van der Waals surface area contributed by atoms with E-state index in [-0.39, 0.29) is 41.0 Å². The van der Waals surface area contributed by atoms with E-state index in [0.717, 1.165) is 0 Å². The number of nitrogens with one attached hydrogen (secondary N) is 1. The Morgan fingerprint density at radius 1 is 1.40 bits per heavy atom. The predicted octanol–water partition coefficient (Wildman–Crippen LogP) is 0.851. The highest BCUT2D eigenvalue weighted by Crippen LogP contribution is 2.32. The van der Waals surface area contributed by atoms with Gasteiger partial charge in [0.15, 0.2) is 9.84 Å². The van der Waals surface area contributed by atoms with Crippen LogP contribution < -0.4 is 10.1 Å². The Kier molecular flexibility index (Phi) is 5.75. The lowest BCUT2D eigenvalue weighted by molar-refractivity contribution is -0.114. The number of sulfone groups is 1. The summed E-state index contributed by atoms with van der Waals surface area (Å²) in [6, 6.07) is 3.71. The Balaban J connectivity index is 2.47. The fourth-order valence-electron chi connectivity index (χ4n) is 2.91. The van der Waals surface area contributed by atoms with Gasteiger partial charge in [-0.25, -0.2) is 16.8 Å². The molecule has 1 aliphatic heterocycles. The third kappa shape index (κ3) is 4.31. The second kappa shape index (κ2) is 7.30. The number of rotatable bonds is 6. The molecule has 1 amide bonds. The van der Waals surface area contributed by atoms with Crippen molar-refractivity contribution in [1.29, 1.82) is 0 Å². The van der Waals surface area contributed by atoms with Gasteiger partial charge < -0.3 is 10.1 Å². The van der Waals surface area contributed by atoms with Crippen molar-refractivity contribution < 1.29 is 26.4 Å². The minimum Gasteiger partial charge on any atom is -0.495 e. The van der Waals surface area contributed by atoms with Crippen molar-refractivity contribution in [2.24, 2.45) is 0 Å². The molecule has 0 saturated carbocycles. The molecule has 0 unspecified atom stereocenters. The average molecular weight is 390 g/mol. The number of nitrogens with zero attached hydrogens (tertiary/aromatic N) is 1. The topological polar surface area (TPSA) is 110 Å². The number of benzene rings is 1. The summed E-state index contributed by atoms with van der Waals surface area (Å²) in [5.41, 5.74) is 0.321. The van der Waals surface area contributed by atoms with E-state index >= 15 is 0 Å². The smallest absolute Gasteiger partial charge is 0.247 e. The van der Waals surface area contributed by atoms with Gasteiger partial charge in [0.1, 0.15) is 10.6 Å². The van der Waals surface area contributed by atoms with E-state index in [4.69, 9.17) is 4.74 Å². The van der Waals surface area contributed by atoms with Crippen LogP contribution >= 0.6 is 0 Å². The van der Waals surface area contributed by atoms with Gasteiger partial charge in [-0.1, -0.05) is 6.92 Å². The van der Waals surface area contributed by atoms with Crippen LogP contribution in [0.2, 0.25) is 0 Å². The zero-order valence-electron chi connectivity index (χ0n) is 14.4. The van der Waals surface area contributed by atoms with Crippen LogP contribution in [0.15, 0.2) is 23.1 Å². The van der Waals surface area contributed by atoms with E-state index in [0.29, 0.717) is 5.69 Å². The standard InChI is InChI=1S/C15H22N2O6S2/c1-4-17(13-7-8-24(19,20)10-13)25(21,22)15-9-12(16-11(2)18)5-6-14(15)23-3/h5-6,9,13H,4,7-8,10H2,1-3H3,(H,16,18)/t13-/m0/s1. The average Bonchev–Trinajstić information content (AvgIpc) is 2.86. The number of amides is 1. The molecule has 0 aromatic heterocycles. The summed E-state index contributed by atoms with van der Waals surface area (Å²) >= 11 is 0. The Hall–Kier alpha value is -1.65. The number of hydrogen-bond donors (Lipinski definition) is 1. The van der Waals surface area contributed by atoms with Crippen molar-refractivity contribution >= 4 is 31.5 Å². The Morgan fingerprint density at radius 2 is 2.08 bits per heavy atom. The molecule has 0 spiro atoms. The number of carbonyl (C=O) groups excluding carboxylic acids is 1. The zero-order chi connectivity index (χ0) is 18.8. The van der Waals surface area contributed by atoms with Gasteiger partial charge in [0, 0.05) is 25.2 Å². The lowest BCUT2D eigenvalue weighted by Gasteiger charge is -2.27. The van der Waals surface area contributed by atoms with Crippen molar-refractivity contribution in [3.63, 3.8) is 0 Å². The summed E-state index contributed by atoms with van der Waals surface area (Å²) in [6.07, 6.45) is 0.267. The van der Waals surface area contributed by atoms with Crippen LogP contribution in [0.5, 0.6) is 5.75 Å². The van der Waals surface area contributed by atoms with E-state index in [9.17, 15) is 21.6 Å². The number of hydrogen-bond acceptors (Lipinski definition) is 6. The zero-order valence-corrected chi connectivity index (χ0v) is 16.0. The van der Waals surface area contributed by atoms with Gasteiger partial charge in [-0.3, -0.25) is 4.79 Å². The highest BCUT2D eigenvalue weighted by molar-refractivity contribution is 7.92. The first-order valence-electron chi connectivity index (χ1n) is 7.78. The van der Waals surface area contributed by atoms with Gasteiger partial charge in [-0.15, -0.1) is 0 Å². The summed E-state index contributed by atoms with van der Waals surface area (Å²) in [5.74, 6) is -0.406. The molecule has 1 aromatic rings. The molecule has 0 radical (unpaired) electrons. The summed E-state index contributed by atoms with van der Waals surface area (Å²) in [7, 11) is -5.87. The Labute approximate surface area is 148 Å². The molecule has 0 aliphatic carbocycles. The molecular weight excluding hydrogens is 368 g/mol. The fourth-order valence-corrected chi connectivity index (χ4v) is 6.58. The van der Waals surface area contributed by atoms with Crippen LogP contribution in [-0.2, 0) is 24.7 Å². The van der Waals surface area contributed by atoms with Gasteiger partial charge in [-0.2, -0.15) is 4.31 Å². The number of anilines is 1. The summed E-state index contributed by atoms with van der Waals surface area (Å²) in [6.45, 7) is 3.11. The highest BCUT2D eigenvalue weighted by Gasteiger charge is 2.39. The molecule has 140 valence electrons. The van der Waals surface area contributed by atoms with Crippen LogP contribution in [0.3, 0.4) is 0 Å². The molecule has 1 aliphatic rings. The van der Waals surface area contributed by atoms with Gasteiger partial charge in [-0.05, 0) is 24.6 Å². The molecule has 1 atom stereocenters. The maximum atomic E-state index is 13.1. The van der Waals surface area contributed by atoms with Crippen LogP contribution in [0, 0.1) is 0 Å². The van der Waals surface area contributed by atoms with Crippen molar-refractivity contribution in [1.82, 2.24) is 4.31 Å². The molecule has 0 bridgehead atoms. The second-order valence-electron chi connectivity index (χ2n) is 5.81. The molecule has 25 heavy (non-hydrogen) atoms. The summed E-state index contributed by atoms with van der Waals surface area (Å²) in [4.78, 5) is 11.1. The van der Waals surface area contributed by atoms with Crippen molar-refractivity contribution in [2.45, 2.75) is 31.2 Å². The third-order valence-electron chi connectivity index (χ3n) is 4.00. The van der Waals surface area contributed by atoms with E-state index < -0.39 is 25.9 Å². The maximum absolute atomic E-state index is 13.1. The van der Waals surface area contributed by atoms with Gasteiger partial charge in [0.2, 0.25) is 15.9 Å². The molecule has 2 rings (SSSR count). The minimum atomic E-state index is -3.99. The third-order valence-corrected chi connectivity index (χ3v) is 7.80.